The molecule has 2 aromatic heterocycles. The molecule has 2 heterocycles. The molecule has 8 heteroatoms. The van der Waals surface area contributed by atoms with Crippen LogP contribution >= 0.6 is 23.2 Å². The van der Waals surface area contributed by atoms with Crippen molar-refractivity contribution in [3.8, 4) is 0 Å². The molecule has 24 heavy (non-hydrogen) atoms. The summed E-state index contributed by atoms with van der Waals surface area (Å²) in [7, 11) is 1.65. The standard InChI is InChI=1S/C16H17Cl2N5O/c1-3-4-12(10-5-11(6-19-2)15(18)22-7-10)16(24)23-14-9-20-13(17)8-21-14/h5-9,12H,3-4H2,1-2H3,(H,21,23,24). The lowest BCUT2D eigenvalue weighted by molar-refractivity contribution is -0.117. The molecular formula is C16H17Cl2N5O. The number of hydrogen-bond donors (Lipinski definition) is 1. The molecule has 0 aliphatic heterocycles. The molecule has 0 spiro atoms. The van der Waals surface area contributed by atoms with Crippen LogP contribution in [0.2, 0.25) is 10.3 Å². The first kappa shape index (κ1) is 18.3. The number of carbonyl (C=O) groups excluding carboxylic acids is 1. The van der Waals surface area contributed by atoms with E-state index in [1.165, 1.54) is 12.4 Å². The second-order valence-electron chi connectivity index (χ2n) is 5.09. The lowest BCUT2D eigenvalue weighted by atomic mass is 9.94. The zero-order valence-electron chi connectivity index (χ0n) is 13.3. The summed E-state index contributed by atoms with van der Waals surface area (Å²) in [5.74, 6) is -0.207. The van der Waals surface area contributed by atoms with E-state index in [0.29, 0.717) is 23.0 Å². The van der Waals surface area contributed by atoms with Gasteiger partial charge in [-0.05, 0) is 18.1 Å². The van der Waals surface area contributed by atoms with E-state index >= 15 is 0 Å². The van der Waals surface area contributed by atoms with Gasteiger partial charge in [0.2, 0.25) is 5.91 Å². The highest BCUT2D eigenvalue weighted by Gasteiger charge is 2.21. The van der Waals surface area contributed by atoms with Gasteiger partial charge in [0.1, 0.15) is 10.3 Å². The summed E-state index contributed by atoms with van der Waals surface area (Å²) in [6.07, 6.45) is 7.53. The Labute approximate surface area is 150 Å². The maximum absolute atomic E-state index is 12.6. The minimum absolute atomic E-state index is 0.183. The van der Waals surface area contributed by atoms with Crippen molar-refractivity contribution in [1.82, 2.24) is 15.0 Å². The van der Waals surface area contributed by atoms with Gasteiger partial charge in [-0.15, -0.1) is 0 Å². The molecule has 2 rings (SSSR count). The highest BCUT2D eigenvalue weighted by molar-refractivity contribution is 6.31. The van der Waals surface area contributed by atoms with Crippen molar-refractivity contribution in [2.75, 3.05) is 12.4 Å². The first-order valence-electron chi connectivity index (χ1n) is 7.41. The molecule has 1 unspecified atom stereocenters. The molecular weight excluding hydrogens is 349 g/mol. The van der Waals surface area contributed by atoms with Crippen molar-refractivity contribution in [3.63, 3.8) is 0 Å². The molecule has 0 aliphatic rings. The summed E-state index contributed by atoms with van der Waals surface area (Å²) >= 11 is 11.7. The van der Waals surface area contributed by atoms with Gasteiger partial charge >= 0.3 is 0 Å². The fourth-order valence-corrected chi connectivity index (χ4v) is 2.48. The highest BCUT2D eigenvalue weighted by Crippen LogP contribution is 2.25. The van der Waals surface area contributed by atoms with E-state index in [9.17, 15) is 4.79 Å². The number of pyridine rings is 1. The highest BCUT2D eigenvalue weighted by atomic mass is 35.5. The van der Waals surface area contributed by atoms with E-state index in [4.69, 9.17) is 23.2 Å². The second kappa shape index (κ2) is 8.70. The Morgan fingerprint density at radius 3 is 2.71 bits per heavy atom. The van der Waals surface area contributed by atoms with Crippen LogP contribution in [0.5, 0.6) is 0 Å². The number of anilines is 1. The van der Waals surface area contributed by atoms with Crippen LogP contribution in [0.3, 0.4) is 0 Å². The van der Waals surface area contributed by atoms with Crippen LogP contribution in [0.15, 0.2) is 29.6 Å². The summed E-state index contributed by atoms with van der Waals surface area (Å²) in [6.45, 7) is 2.01. The van der Waals surface area contributed by atoms with Crippen LogP contribution in [0.4, 0.5) is 5.82 Å². The van der Waals surface area contributed by atoms with Crippen molar-refractivity contribution in [1.29, 1.82) is 0 Å². The number of nitrogens with one attached hydrogen (secondary N) is 1. The van der Waals surface area contributed by atoms with Gasteiger partial charge in [0.05, 0.1) is 18.3 Å². The Hall–Kier alpha value is -2.05. The molecule has 126 valence electrons. The average Bonchev–Trinajstić information content (AvgIpc) is 2.57. The Kier molecular flexibility index (Phi) is 6.63. The van der Waals surface area contributed by atoms with Gasteiger partial charge in [-0.25, -0.2) is 15.0 Å². The average molecular weight is 366 g/mol. The van der Waals surface area contributed by atoms with Crippen molar-refractivity contribution in [2.45, 2.75) is 25.7 Å². The Morgan fingerprint density at radius 2 is 2.08 bits per heavy atom. The van der Waals surface area contributed by atoms with Gasteiger partial charge in [-0.2, -0.15) is 0 Å². The molecule has 0 saturated carbocycles. The predicted octanol–water partition coefficient (Wildman–Crippen LogP) is 3.75. The first-order valence-corrected chi connectivity index (χ1v) is 8.16. The zero-order chi connectivity index (χ0) is 17.5. The number of hydrogen-bond acceptors (Lipinski definition) is 5. The molecule has 2 aromatic rings. The van der Waals surface area contributed by atoms with Crippen molar-refractivity contribution in [3.05, 3.63) is 46.1 Å². The molecule has 0 saturated heterocycles. The third-order valence-electron chi connectivity index (χ3n) is 3.32. The quantitative estimate of drug-likeness (QED) is 0.624. The van der Waals surface area contributed by atoms with Gasteiger partial charge in [-0.3, -0.25) is 9.79 Å². The number of rotatable bonds is 6. The lowest BCUT2D eigenvalue weighted by Gasteiger charge is -2.16. The first-order chi connectivity index (χ1) is 11.5. The molecule has 0 aromatic carbocycles. The molecule has 1 amide bonds. The smallest absolute Gasteiger partial charge is 0.233 e. The number of nitrogens with zero attached hydrogens (tertiary/aromatic N) is 4. The van der Waals surface area contributed by atoms with Gasteiger partial charge in [-0.1, -0.05) is 36.5 Å². The molecule has 0 aliphatic carbocycles. The maximum Gasteiger partial charge on any atom is 0.233 e. The molecule has 0 bridgehead atoms. The van der Waals surface area contributed by atoms with Crippen LogP contribution in [0.25, 0.3) is 0 Å². The fraction of sp³-hybridized carbons (Fsp3) is 0.312. The lowest BCUT2D eigenvalue weighted by Crippen LogP contribution is -2.22. The van der Waals surface area contributed by atoms with E-state index in [2.05, 4.69) is 25.3 Å². The SMILES string of the molecule is CCCC(C(=O)Nc1cnc(Cl)cn1)c1cnc(Cl)c(C=NC)c1. The Morgan fingerprint density at radius 1 is 1.29 bits per heavy atom. The van der Waals surface area contributed by atoms with Crippen molar-refractivity contribution >= 4 is 41.1 Å². The molecule has 1 atom stereocenters. The molecule has 6 nitrogen and oxygen atoms in total. The van der Waals surface area contributed by atoms with Gasteiger partial charge in [0, 0.05) is 25.0 Å². The minimum atomic E-state index is -0.374. The van der Waals surface area contributed by atoms with Crippen molar-refractivity contribution in [2.24, 2.45) is 4.99 Å². The fourth-order valence-electron chi connectivity index (χ4n) is 2.23. The van der Waals surface area contributed by atoms with E-state index in [0.717, 1.165) is 12.0 Å². The largest absolute Gasteiger partial charge is 0.309 e. The summed E-state index contributed by atoms with van der Waals surface area (Å²) in [5, 5.41) is 3.37. The topological polar surface area (TPSA) is 80.1 Å². The number of amides is 1. The molecule has 0 radical (unpaired) electrons. The maximum atomic E-state index is 12.6. The van der Waals surface area contributed by atoms with Crippen LogP contribution in [0, 0.1) is 0 Å². The molecule has 1 N–H and O–H groups in total. The third kappa shape index (κ3) is 4.72. The summed E-state index contributed by atoms with van der Waals surface area (Å²) < 4.78 is 0. The number of aliphatic imine (C=N–C) groups is 1. The predicted molar refractivity (Wildman–Crippen MR) is 96.1 cm³/mol. The normalized spacial score (nSPS) is 12.3. The van der Waals surface area contributed by atoms with Crippen LogP contribution in [0.1, 0.15) is 36.8 Å². The van der Waals surface area contributed by atoms with Gasteiger partial charge in [0.25, 0.3) is 0 Å². The third-order valence-corrected chi connectivity index (χ3v) is 3.83. The van der Waals surface area contributed by atoms with Crippen LogP contribution in [-0.4, -0.2) is 34.1 Å². The zero-order valence-corrected chi connectivity index (χ0v) is 14.8. The van der Waals surface area contributed by atoms with Crippen LogP contribution in [-0.2, 0) is 4.79 Å². The van der Waals surface area contributed by atoms with E-state index in [1.807, 2.05) is 13.0 Å². The summed E-state index contributed by atoms with van der Waals surface area (Å²) in [4.78, 5) is 28.7. The number of halogens is 2. The molecule has 0 fully saturated rings. The van der Waals surface area contributed by atoms with Crippen LogP contribution < -0.4 is 5.32 Å². The Balaban J connectivity index is 2.26. The number of aromatic nitrogens is 3. The number of carbonyl (C=O) groups is 1. The van der Waals surface area contributed by atoms with Gasteiger partial charge in [0.15, 0.2) is 5.82 Å². The van der Waals surface area contributed by atoms with E-state index in [1.54, 1.807) is 19.5 Å². The minimum Gasteiger partial charge on any atom is -0.309 e. The second-order valence-corrected chi connectivity index (χ2v) is 5.84. The Bertz CT molecular complexity index is 734. The summed E-state index contributed by atoms with van der Waals surface area (Å²) in [6, 6.07) is 1.83. The van der Waals surface area contributed by atoms with Crippen molar-refractivity contribution < 1.29 is 4.79 Å². The van der Waals surface area contributed by atoms with E-state index in [-0.39, 0.29) is 17.0 Å². The van der Waals surface area contributed by atoms with E-state index < -0.39 is 0 Å². The monoisotopic (exact) mass is 365 g/mol. The van der Waals surface area contributed by atoms with Gasteiger partial charge < -0.3 is 5.32 Å². The summed E-state index contributed by atoms with van der Waals surface area (Å²) in [5.41, 5.74) is 1.45.